The van der Waals surface area contributed by atoms with E-state index in [0.717, 1.165) is 5.56 Å². The molecule has 1 aromatic heterocycles. The average Bonchev–Trinajstić information content (AvgIpc) is 3.25. The molecule has 0 aliphatic heterocycles. The Morgan fingerprint density at radius 3 is 2.38 bits per heavy atom. The number of rotatable bonds is 8. The predicted octanol–water partition coefficient (Wildman–Crippen LogP) is 3.31. The zero-order chi connectivity index (χ0) is 20.8. The van der Waals surface area contributed by atoms with Crippen LogP contribution in [0.5, 0.6) is 23.0 Å². The van der Waals surface area contributed by atoms with E-state index in [4.69, 9.17) is 23.5 Å². The van der Waals surface area contributed by atoms with Crippen LogP contribution in [0.2, 0.25) is 0 Å². The highest BCUT2D eigenvalue weighted by Gasteiger charge is 2.17. The van der Waals surface area contributed by atoms with Crippen molar-refractivity contribution in [1.29, 1.82) is 0 Å². The largest absolute Gasteiger partial charge is 0.493 e. The van der Waals surface area contributed by atoms with E-state index in [1.807, 2.05) is 6.07 Å². The Labute approximate surface area is 168 Å². The first-order valence-electron chi connectivity index (χ1n) is 8.78. The molecule has 2 aromatic carbocycles. The SMILES string of the molecule is COc1ccc(-c2cc(CNC(=O)c3cccc(OC)c3OC)no2)cc1OC. The van der Waals surface area contributed by atoms with Gasteiger partial charge in [0.05, 0.1) is 40.5 Å². The molecule has 0 aliphatic carbocycles. The second-order valence-electron chi connectivity index (χ2n) is 5.98. The van der Waals surface area contributed by atoms with Crippen molar-refractivity contribution >= 4 is 5.91 Å². The van der Waals surface area contributed by atoms with E-state index in [2.05, 4.69) is 10.5 Å². The number of carbonyl (C=O) groups excluding carboxylic acids is 1. The molecule has 8 nitrogen and oxygen atoms in total. The number of para-hydroxylation sites is 1. The lowest BCUT2D eigenvalue weighted by atomic mass is 10.1. The molecular formula is C21H22N2O6. The molecule has 0 spiro atoms. The van der Waals surface area contributed by atoms with Crippen molar-refractivity contribution in [2.45, 2.75) is 6.54 Å². The fraction of sp³-hybridized carbons (Fsp3) is 0.238. The fourth-order valence-electron chi connectivity index (χ4n) is 2.85. The lowest BCUT2D eigenvalue weighted by Crippen LogP contribution is -2.23. The summed E-state index contributed by atoms with van der Waals surface area (Å²) in [6.45, 7) is 0.190. The topological polar surface area (TPSA) is 92.1 Å². The Balaban J connectivity index is 1.72. The number of carbonyl (C=O) groups is 1. The summed E-state index contributed by atoms with van der Waals surface area (Å²) in [5.41, 5.74) is 1.72. The van der Waals surface area contributed by atoms with Gasteiger partial charge in [0.1, 0.15) is 5.69 Å². The molecule has 3 rings (SSSR count). The van der Waals surface area contributed by atoms with E-state index in [1.165, 1.54) is 14.2 Å². The van der Waals surface area contributed by atoms with Gasteiger partial charge in [-0.1, -0.05) is 11.2 Å². The number of methoxy groups -OCH3 is 4. The predicted molar refractivity (Wildman–Crippen MR) is 106 cm³/mol. The number of hydrogen-bond donors (Lipinski definition) is 1. The molecule has 152 valence electrons. The van der Waals surface area contributed by atoms with Crippen LogP contribution in [0, 0.1) is 0 Å². The van der Waals surface area contributed by atoms with Crippen LogP contribution in [0.15, 0.2) is 47.0 Å². The molecule has 1 N–H and O–H groups in total. The highest BCUT2D eigenvalue weighted by atomic mass is 16.5. The van der Waals surface area contributed by atoms with E-state index in [1.54, 1.807) is 50.6 Å². The van der Waals surface area contributed by atoms with Gasteiger partial charge in [-0.15, -0.1) is 0 Å². The van der Waals surface area contributed by atoms with Gasteiger partial charge in [-0.3, -0.25) is 4.79 Å². The van der Waals surface area contributed by atoms with Gasteiger partial charge in [-0.05, 0) is 30.3 Å². The van der Waals surface area contributed by atoms with E-state index in [9.17, 15) is 4.79 Å². The third-order valence-electron chi connectivity index (χ3n) is 4.30. The summed E-state index contributed by atoms with van der Waals surface area (Å²) in [6.07, 6.45) is 0. The highest BCUT2D eigenvalue weighted by molar-refractivity contribution is 5.97. The van der Waals surface area contributed by atoms with Crippen LogP contribution in [0.25, 0.3) is 11.3 Å². The smallest absolute Gasteiger partial charge is 0.255 e. The lowest BCUT2D eigenvalue weighted by molar-refractivity contribution is 0.0946. The van der Waals surface area contributed by atoms with Gasteiger partial charge in [0.15, 0.2) is 28.8 Å². The Morgan fingerprint density at radius 1 is 0.931 bits per heavy atom. The van der Waals surface area contributed by atoms with Gasteiger partial charge in [0, 0.05) is 11.6 Å². The number of amides is 1. The average molecular weight is 398 g/mol. The minimum absolute atomic E-state index is 0.190. The normalized spacial score (nSPS) is 10.3. The van der Waals surface area contributed by atoms with E-state index in [-0.39, 0.29) is 12.5 Å². The molecule has 8 heteroatoms. The van der Waals surface area contributed by atoms with E-state index >= 15 is 0 Å². The number of nitrogens with zero attached hydrogens (tertiary/aromatic N) is 1. The van der Waals surface area contributed by atoms with Crippen LogP contribution in [-0.2, 0) is 6.54 Å². The number of benzene rings is 2. The summed E-state index contributed by atoms with van der Waals surface area (Å²) in [7, 11) is 6.15. The van der Waals surface area contributed by atoms with Crippen LogP contribution < -0.4 is 24.3 Å². The second kappa shape index (κ2) is 9.01. The Hall–Kier alpha value is -3.68. The molecule has 0 saturated carbocycles. The Morgan fingerprint density at radius 2 is 1.69 bits per heavy atom. The van der Waals surface area contributed by atoms with Crippen LogP contribution in [0.1, 0.15) is 16.1 Å². The molecule has 0 aliphatic rings. The molecule has 0 fully saturated rings. The van der Waals surface area contributed by atoms with Crippen molar-refractivity contribution in [3.05, 3.63) is 53.7 Å². The fourth-order valence-corrected chi connectivity index (χ4v) is 2.85. The maximum absolute atomic E-state index is 12.6. The number of ether oxygens (including phenoxy) is 4. The minimum Gasteiger partial charge on any atom is -0.493 e. The first-order valence-corrected chi connectivity index (χ1v) is 8.78. The van der Waals surface area contributed by atoms with Crippen molar-refractivity contribution in [2.75, 3.05) is 28.4 Å². The summed E-state index contributed by atoms with van der Waals surface area (Å²) in [5.74, 6) is 2.30. The van der Waals surface area contributed by atoms with Gasteiger partial charge in [-0.25, -0.2) is 0 Å². The zero-order valence-electron chi connectivity index (χ0n) is 16.6. The number of nitrogens with one attached hydrogen (secondary N) is 1. The van der Waals surface area contributed by atoms with Crippen LogP contribution in [-0.4, -0.2) is 39.5 Å². The third kappa shape index (κ3) is 4.26. The van der Waals surface area contributed by atoms with Crippen molar-refractivity contribution in [3.8, 4) is 34.3 Å². The number of aromatic nitrogens is 1. The third-order valence-corrected chi connectivity index (χ3v) is 4.30. The molecule has 0 atom stereocenters. The van der Waals surface area contributed by atoms with Gasteiger partial charge in [-0.2, -0.15) is 0 Å². The van der Waals surface area contributed by atoms with Crippen molar-refractivity contribution in [3.63, 3.8) is 0 Å². The molecule has 3 aromatic rings. The van der Waals surface area contributed by atoms with Crippen LogP contribution in [0.3, 0.4) is 0 Å². The van der Waals surface area contributed by atoms with E-state index in [0.29, 0.717) is 40.0 Å². The van der Waals surface area contributed by atoms with E-state index < -0.39 is 0 Å². The van der Waals surface area contributed by atoms with Gasteiger partial charge < -0.3 is 28.8 Å². The summed E-state index contributed by atoms with van der Waals surface area (Å²) >= 11 is 0. The molecule has 0 saturated heterocycles. The molecule has 29 heavy (non-hydrogen) atoms. The summed E-state index contributed by atoms with van der Waals surface area (Å²) in [4.78, 5) is 12.6. The quantitative estimate of drug-likeness (QED) is 0.622. The maximum atomic E-state index is 12.6. The van der Waals surface area contributed by atoms with Gasteiger partial charge in [0.25, 0.3) is 5.91 Å². The van der Waals surface area contributed by atoms with Crippen molar-refractivity contribution in [1.82, 2.24) is 10.5 Å². The standard InChI is InChI=1S/C21H22N2O6/c1-25-16-9-8-13(10-19(16)27-3)18-11-14(23-29-18)12-22-21(24)15-6-5-7-17(26-2)20(15)28-4/h5-11H,12H2,1-4H3,(H,22,24). The molecule has 0 radical (unpaired) electrons. The summed E-state index contributed by atoms with van der Waals surface area (Å²) in [5, 5.41) is 6.82. The first-order chi connectivity index (χ1) is 14.1. The van der Waals surface area contributed by atoms with Crippen molar-refractivity contribution in [2.24, 2.45) is 0 Å². The summed E-state index contributed by atoms with van der Waals surface area (Å²) < 4.78 is 26.5. The monoisotopic (exact) mass is 398 g/mol. The molecule has 0 unspecified atom stereocenters. The van der Waals surface area contributed by atoms with Crippen LogP contribution in [0.4, 0.5) is 0 Å². The van der Waals surface area contributed by atoms with Crippen LogP contribution >= 0.6 is 0 Å². The Bertz CT molecular complexity index is 999. The first kappa shape index (κ1) is 20.1. The Kier molecular flexibility index (Phi) is 6.23. The minimum atomic E-state index is -0.309. The molecular weight excluding hydrogens is 376 g/mol. The van der Waals surface area contributed by atoms with Gasteiger partial charge in [0.2, 0.25) is 0 Å². The van der Waals surface area contributed by atoms with Gasteiger partial charge >= 0.3 is 0 Å². The summed E-state index contributed by atoms with van der Waals surface area (Å²) in [6, 6.07) is 12.3. The second-order valence-corrected chi connectivity index (χ2v) is 5.98. The maximum Gasteiger partial charge on any atom is 0.255 e. The lowest BCUT2D eigenvalue weighted by Gasteiger charge is -2.12. The highest BCUT2D eigenvalue weighted by Crippen LogP contribution is 2.33. The molecule has 1 amide bonds. The molecule has 1 heterocycles. The number of hydrogen-bond acceptors (Lipinski definition) is 7. The zero-order valence-corrected chi connectivity index (χ0v) is 16.6. The van der Waals surface area contributed by atoms with Crippen molar-refractivity contribution < 1.29 is 28.3 Å². The molecule has 0 bridgehead atoms.